The molecular weight excluding hydrogens is 374 g/mol. The largest absolute Gasteiger partial charge is 0.379 e. The summed E-state index contributed by atoms with van der Waals surface area (Å²) in [6.07, 6.45) is 0. The van der Waals surface area contributed by atoms with Crippen molar-refractivity contribution in [1.29, 1.82) is 0 Å². The van der Waals surface area contributed by atoms with Gasteiger partial charge >= 0.3 is 0 Å². The Balaban J connectivity index is 1.88. The zero-order chi connectivity index (χ0) is 18.9. The number of carbonyl (C=O) groups excluding carboxylic acids is 1. The molecule has 1 saturated heterocycles. The molecule has 0 atom stereocenters. The second-order valence-corrected chi connectivity index (χ2v) is 9.25. The van der Waals surface area contributed by atoms with E-state index in [1.165, 1.54) is 27.8 Å². The standard InChI is InChI=1S/C17H21N3O4S2/c1-11-4-5-14(26(22,23)20-6-8-24-9-7-20)10-15(11)16(21)19-17-18-12(2)13(3)25-17/h4-5,10H,6-9H2,1-3H3,(H,18,19,21). The topological polar surface area (TPSA) is 88.6 Å². The molecule has 2 aromatic rings. The predicted octanol–water partition coefficient (Wildman–Crippen LogP) is 2.34. The van der Waals surface area contributed by atoms with Crippen molar-refractivity contribution in [1.82, 2.24) is 9.29 Å². The van der Waals surface area contributed by atoms with Crippen LogP contribution in [0.2, 0.25) is 0 Å². The van der Waals surface area contributed by atoms with Crippen LogP contribution < -0.4 is 5.32 Å². The second-order valence-electron chi connectivity index (χ2n) is 6.11. The van der Waals surface area contributed by atoms with E-state index in [1.807, 2.05) is 13.8 Å². The molecule has 140 valence electrons. The van der Waals surface area contributed by atoms with Crippen LogP contribution in [-0.4, -0.2) is 49.9 Å². The molecule has 1 aliphatic heterocycles. The lowest BCUT2D eigenvalue weighted by molar-refractivity contribution is 0.0730. The first-order valence-corrected chi connectivity index (χ1v) is 10.5. The molecule has 1 fully saturated rings. The summed E-state index contributed by atoms with van der Waals surface area (Å²) in [5, 5.41) is 3.26. The second kappa shape index (κ2) is 7.43. The summed E-state index contributed by atoms with van der Waals surface area (Å²) in [6, 6.07) is 4.62. The van der Waals surface area contributed by atoms with E-state index in [9.17, 15) is 13.2 Å². The average Bonchev–Trinajstić information content (AvgIpc) is 2.93. The number of aryl methyl sites for hydroxylation is 3. The van der Waals surface area contributed by atoms with Crippen molar-refractivity contribution in [3.8, 4) is 0 Å². The van der Waals surface area contributed by atoms with Gasteiger partial charge in [-0.05, 0) is 38.5 Å². The predicted molar refractivity (Wildman–Crippen MR) is 100 cm³/mol. The Bertz CT molecular complexity index is 912. The van der Waals surface area contributed by atoms with Gasteiger partial charge in [-0.1, -0.05) is 6.07 Å². The van der Waals surface area contributed by atoms with Crippen molar-refractivity contribution < 1.29 is 17.9 Å². The summed E-state index contributed by atoms with van der Waals surface area (Å²) < 4.78 is 32.2. The number of hydrogen-bond acceptors (Lipinski definition) is 6. The summed E-state index contributed by atoms with van der Waals surface area (Å²) in [5.74, 6) is -0.365. The Morgan fingerprint density at radius 2 is 1.92 bits per heavy atom. The zero-order valence-corrected chi connectivity index (χ0v) is 16.5. The molecule has 0 bridgehead atoms. The number of hydrogen-bond donors (Lipinski definition) is 1. The van der Waals surface area contributed by atoms with Crippen molar-refractivity contribution in [3.63, 3.8) is 0 Å². The van der Waals surface area contributed by atoms with E-state index >= 15 is 0 Å². The lowest BCUT2D eigenvalue weighted by atomic mass is 10.1. The Kier molecular flexibility index (Phi) is 5.42. The first kappa shape index (κ1) is 19.0. The number of nitrogens with one attached hydrogen (secondary N) is 1. The highest BCUT2D eigenvalue weighted by atomic mass is 32.2. The van der Waals surface area contributed by atoms with Gasteiger partial charge in [0.25, 0.3) is 5.91 Å². The van der Waals surface area contributed by atoms with E-state index in [0.717, 1.165) is 10.6 Å². The van der Waals surface area contributed by atoms with Gasteiger partial charge < -0.3 is 4.74 Å². The van der Waals surface area contributed by atoms with E-state index in [-0.39, 0.29) is 10.8 Å². The number of anilines is 1. The fourth-order valence-electron chi connectivity index (χ4n) is 2.63. The minimum Gasteiger partial charge on any atom is -0.379 e. The molecule has 1 aliphatic rings. The van der Waals surface area contributed by atoms with Crippen molar-refractivity contribution in [2.45, 2.75) is 25.7 Å². The van der Waals surface area contributed by atoms with E-state index in [2.05, 4.69) is 10.3 Å². The van der Waals surface area contributed by atoms with E-state index in [1.54, 1.807) is 13.0 Å². The number of thiazole rings is 1. The van der Waals surface area contributed by atoms with Crippen molar-refractivity contribution >= 4 is 32.4 Å². The van der Waals surface area contributed by atoms with Crippen molar-refractivity contribution in [2.75, 3.05) is 31.6 Å². The number of carbonyl (C=O) groups is 1. The Hall–Kier alpha value is -1.81. The smallest absolute Gasteiger partial charge is 0.257 e. The Labute approximate surface area is 157 Å². The van der Waals surface area contributed by atoms with Gasteiger partial charge in [0.2, 0.25) is 10.0 Å². The molecule has 9 heteroatoms. The molecule has 3 rings (SSSR count). The lowest BCUT2D eigenvalue weighted by Gasteiger charge is -2.26. The number of ether oxygens (including phenoxy) is 1. The summed E-state index contributed by atoms with van der Waals surface area (Å²) in [4.78, 5) is 18.1. The molecule has 2 heterocycles. The monoisotopic (exact) mass is 395 g/mol. The van der Waals surface area contributed by atoms with Crippen LogP contribution in [-0.2, 0) is 14.8 Å². The molecule has 1 aromatic heterocycles. The average molecular weight is 396 g/mol. The first-order valence-electron chi connectivity index (χ1n) is 8.23. The molecule has 0 radical (unpaired) electrons. The maximum Gasteiger partial charge on any atom is 0.257 e. The fourth-order valence-corrected chi connectivity index (χ4v) is 4.88. The number of aromatic nitrogens is 1. The van der Waals surface area contributed by atoms with Gasteiger partial charge in [-0.2, -0.15) is 4.31 Å². The minimum atomic E-state index is -3.65. The van der Waals surface area contributed by atoms with Crippen LogP contribution in [0.25, 0.3) is 0 Å². The quantitative estimate of drug-likeness (QED) is 0.858. The van der Waals surface area contributed by atoms with Crippen LogP contribution in [0.3, 0.4) is 0 Å². The third-order valence-corrected chi connectivity index (χ3v) is 7.19. The van der Waals surface area contributed by atoms with Gasteiger partial charge in [0.15, 0.2) is 5.13 Å². The minimum absolute atomic E-state index is 0.113. The van der Waals surface area contributed by atoms with Crippen LogP contribution >= 0.6 is 11.3 Å². The highest BCUT2D eigenvalue weighted by molar-refractivity contribution is 7.89. The third kappa shape index (κ3) is 3.80. The fraction of sp³-hybridized carbons (Fsp3) is 0.412. The van der Waals surface area contributed by atoms with E-state index in [0.29, 0.717) is 42.6 Å². The Morgan fingerprint density at radius 1 is 1.23 bits per heavy atom. The van der Waals surface area contributed by atoms with Gasteiger partial charge in [-0.3, -0.25) is 10.1 Å². The lowest BCUT2D eigenvalue weighted by Crippen LogP contribution is -2.40. The van der Waals surface area contributed by atoms with Gasteiger partial charge in [0, 0.05) is 23.5 Å². The molecule has 7 nitrogen and oxygen atoms in total. The van der Waals surface area contributed by atoms with Gasteiger partial charge in [0.1, 0.15) is 0 Å². The van der Waals surface area contributed by atoms with E-state index in [4.69, 9.17) is 4.74 Å². The molecule has 1 N–H and O–H groups in total. The van der Waals surface area contributed by atoms with Gasteiger partial charge in [-0.25, -0.2) is 13.4 Å². The SMILES string of the molecule is Cc1ccc(S(=O)(=O)N2CCOCC2)cc1C(=O)Nc1nc(C)c(C)s1. The zero-order valence-electron chi connectivity index (χ0n) is 14.9. The Morgan fingerprint density at radius 3 is 2.54 bits per heavy atom. The van der Waals surface area contributed by atoms with Gasteiger partial charge in [-0.15, -0.1) is 11.3 Å². The maximum atomic E-state index is 12.8. The maximum absolute atomic E-state index is 12.8. The molecule has 0 unspecified atom stereocenters. The normalized spacial score (nSPS) is 15.8. The van der Waals surface area contributed by atoms with Crippen LogP contribution in [0.1, 0.15) is 26.5 Å². The highest BCUT2D eigenvalue weighted by Crippen LogP contribution is 2.24. The van der Waals surface area contributed by atoms with E-state index < -0.39 is 10.0 Å². The molecule has 0 aliphatic carbocycles. The summed E-state index contributed by atoms with van der Waals surface area (Å²) in [6.45, 7) is 6.97. The van der Waals surface area contributed by atoms with Crippen LogP contribution in [0.5, 0.6) is 0 Å². The molecule has 0 spiro atoms. The van der Waals surface area contributed by atoms with Crippen LogP contribution in [0, 0.1) is 20.8 Å². The summed E-state index contributed by atoms with van der Waals surface area (Å²) >= 11 is 1.39. The third-order valence-electron chi connectivity index (χ3n) is 4.31. The molecule has 1 amide bonds. The van der Waals surface area contributed by atoms with Crippen molar-refractivity contribution in [3.05, 3.63) is 39.9 Å². The van der Waals surface area contributed by atoms with Crippen LogP contribution in [0.15, 0.2) is 23.1 Å². The number of benzene rings is 1. The summed E-state index contributed by atoms with van der Waals surface area (Å²) in [5.41, 5.74) is 1.89. The molecular formula is C17H21N3O4S2. The van der Waals surface area contributed by atoms with Gasteiger partial charge in [0.05, 0.1) is 23.8 Å². The number of amides is 1. The first-order chi connectivity index (χ1) is 12.3. The molecule has 0 saturated carbocycles. The number of rotatable bonds is 4. The van der Waals surface area contributed by atoms with Crippen molar-refractivity contribution in [2.24, 2.45) is 0 Å². The molecule has 26 heavy (non-hydrogen) atoms. The molecule has 1 aromatic carbocycles. The number of sulfonamides is 1. The highest BCUT2D eigenvalue weighted by Gasteiger charge is 2.27. The number of morpholine rings is 1. The summed E-state index contributed by atoms with van der Waals surface area (Å²) in [7, 11) is -3.65. The van der Waals surface area contributed by atoms with Crippen LogP contribution in [0.4, 0.5) is 5.13 Å². The number of nitrogens with zero attached hydrogens (tertiary/aromatic N) is 2.